The van der Waals surface area contributed by atoms with E-state index >= 15 is 0 Å². The molecule has 0 aromatic carbocycles. The summed E-state index contributed by atoms with van der Waals surface area (Å²) in [6.07, 6.45) is 1.39. The molecule has 0 spiro atoms. The van der Waals surface area contributed by atoms with E-state index in [1.807, 2.05) is 13.8 Å². The van der Waals surface area contributed by atoms with Crippen molar-refractivity contribution in [2.75, 3.05) is 13.1 Å². The van der Waals surface area contributed by atoms with Crippen molar-refractivity contribution in [3.8, 4) is 0 Å². The summed E-state index contributed by atoms with van der Waals surface area (Å²) in [7, 11) is 0. The first-order chi connectivity index (χ1) is 9.95. The number of aromatic nitrogens is 4. The lowest BCUT2D eigenvalue weighted by Gasteiger charge is -2.38. The van der Waals surface area contributed by atoms with E-state index in [9.17, 15) is 9.59 Å². The van der Waals surface area contributed by atoms with E-state index in [4.69, 9.17) is 5.11 Å². The summed E-state index contributed by atoms with van der Waals surface area (Å²) in [6, 6.07) is -0.0242. The number of hydrogen-bond acceptors (Lipinski definition) is 6. The Morgan fingerprint density at radius 2 is 2.10 bits per heavy atom. The number of amides is 1. The lowest BCUT2D eigenvalue weighted by atomic mass is 10.1. The molecule has 0 atom stereocenters. The van der Waals surface area contributed by atoms with Gasteiger partial charge in [-0.15, -0.1) is 16.4 Å². The summed E-state index contributed by atoms with van der Waals surface area (Å²) in [5.41, 5.74) is 0.661. The molecule has 1 N–H and O–H groups in total. The molecule has 0 radical (unpaired) electrons. The summed E-state index contributed by atoms with van der Waals surface area (Å²) in [6.45, 7) is 4.69. The molecule has 3 heterocycles. The molecule has 2 aromatic heterocycles. The molecular formula is C12H13N5O3S. The second kappa shape index (κ2) is 4.92. The van der Waals surface area contributed by atoms with E-state index in [0.717, 1.165) is 10.7 Å². The molecule has 8 nitrogen and oxygen atoms in total. The Bertz CT molecular complexity index is 716. The van der Waals surface area contributed by atoms with Crippen LogP contribution >= 0.6 is 11.3 Å². The molecule has 9 heteroatoms. The maximum atomic E-state index is 12.3. The Hall–Kier alpha value is -2.29. The van der Waals surface area contributed by atoms with Crippen molar-refractivity contribution in [2.24, 2.45) is 0 Å². The fourth-order valence-electron chi connectivity index (χ4n) is 2.21. The van der Waals surface area contributed by atoms with Crippen molar-refractivity contribution in [2.45, 2.75) is 19.9 Å². The third-order valence-electron chi connectivity index (χ3n) is 3.35. The SMILES string of the molecule is Cc1nc(C)c(C(=O)N2CC(n3cc(C(=O)O)nn3)C2)s1. The van der Waals surface area contributed by atoms with Crippen LogP contribution in [0, 0.1) is 13.8 Å². The molecule has 0 unspecified atom stereocenters. The molecule has 3 rings (SSSR count). The van der Waals surface area contributed by atoms with Crippen LogP contribution in [0.4, 0.5) is 0 Å². The van der Waals surface area contributed by atoms with Gasteiger partial charge in [-0.25, -0.2) is 14.5 Å². The van der Waals surface area contributed by atoms with Gasteiger partial charge < -0.3 is 10.0 Å². The molecule has 0 bridgehead atoms. The van der Waals surface area contributed by atoms with E-state index in [1.54, 1.807) is 4.90 Å². The molecule has 0 aliphatic carbocycles. The average Bonchev–Trinajstić information content (AvgIpc) is 2.94. The second-order valence-corrected chi connectivity index (χ2v) is 6.10. The minimum absolute atomic E-state index is 0.0242. The quantitative estimate of drug-likeness (QED) is 0.897. The van der Waals surface area contributed by atoms with E-state index in [1.165, 1.54) is 22.2 Å². The standard InChI is InChI=1S/C12H13N5O3S/c1-6-10(21-7(2)13-6)11(18)16-3-8(4-16)17-5-9(12(19)20)14-15-17/h5,8H,3-4H2,1-2H3,(H,19,20). The maximum Gasteiger partial charge on any atom is 0.358 e. The number of rotatable bonds is 3. The smallest absolute Gasteiger partial charge is 0.358 e. The molecule has 21 heavy (non-hydrogen) atoms. The zero-order chi connectivity index (χ0) is 15.1. The van der Waals surface area contributed by atoms with Crippen LogP contribution in [-0.4, -0.2) is 55.0 Å². The number of aryl methyl sites for hydroxylation is 2. The van der Waals surface area contributed by atoms with E-state index < -0.39 is 5.97 Å². The normalized spacial score (nSPS) is 15.0. The van der Waals surface area contributed by atoms with Crippen LogP contribution in [-0.2, 0) is 0 Å². The fourth-order valence-corrected chi connectivity index (χ4v) is 3.10. The van der Waals surface area contributed by atoms with E-state index in [0.29, 0.717) is 18.0 Å². The first kappa shape index (κ1) is 13.7. The molecule has 1 fully saturated rings. The molecular weight excluding hydrogens is 294 g/mol. The number of aromatic carboxylic acids is 1. The number of hydrogen-bond donors (Lipinski definition) is 1. The molecule has 110 valence electrons. The zero-order valence-corrected chi connectivity index (χ0v) is 12.3. The van der Waals surface area contributed by atoms with Crippen LogP contribution < -0.4 is 0 Å². The summed E-state index contributed by atoms with van der Waals surface area (Å²) in [5.74, 6) is -1.14. The van der Waals surface area contributed by atoms with E-state index in [2.05, 4.69) is 15.3 Å². The topological polar surface area (TPSA) is 101 Å². The van der Waals surface area contributed by atoms with Gasteiger partial charge in [-0.2, -0.15) is 0 Å². The molecule has 0 saturated carbocycles. The number of carbonyl (C=O) groups is 2. The first-order valence-corrected chi connectivity index (χ1v) is 7.16. The van der Waals surface area contributed by atoms with E-state index in [-0.39, 0.29) is 17.6 Å². The van der Waals surface area contributed by atoms with Crippen LogP contribution in [0.15, 0.2) is 6.20 Å². The summed E-state index contributed by atoms with van der Waals surface area (Å²) < 4.78 is 1.50. The van der Waals surface area contributed by atoms with Gasteiger partial charge in [0.15, 0.2) is 5.69 Å². The number of thiazole rings is 1. The predicted octanol–water partition coefficient (Wildman–Crippen LogP) is 0.747. The van der Waals surface area contributed by atoms with Crippen LogP contribution in [0.5, 0.6) is 0 Å². The largest absolute Gasteiger partial charge is 0.476 e. The van der Waals surface area contributed by atoms with Gasteiger partial charge in [-0.05, 0) is 13.8 Å². The Balaban J connectivity index is 1.66. The summed E-state index contributed by atoms with van der Waals surface area (Å²) in [5, 5.41) is 17.0. The molecule has 1 aliphatic rings. The van der Waals surface area contributed by atoms with Gasteiger partial charge in [0.1, 0.15) is 4.88 Å². The van der Waals surface area contributed by atoms with Gasteiger partial charge in [0.25, 0.3) is 5.91 Å². The van der Waals surface area contributed by atoms with Gasteiger partial charge in [0, 0.05) is 13.1 Å². The van der Waals surface area contributed by atoms with Crippen molar-refractivity contribution in [1.29, 1.82) is 0 Å². The van der Waals surface area contributed by atoms with Crippen LogP contribution in [0.25, 0.3) is 0 Å². The third-order valence-corrected chi connectivity index (χ3v) is 4.41. The maximum absolute atomic E-state index is 12.3. The Kier molecular flexibility index (Phi) is 3.20. The Morgan fingerprint density at radius 3 is 2.62 bits per heavy atom. The van der Waals surface area contributed by atoms with Crippen LogP contribution in [0.1, 0.15) is 36.9 Å². The van der Waals surface area contributed by atoms with Gasteiger partial charge in [-0.3, -0.25) is 4.79 Å². The van der Waals surface area contributed by atoms with Gasteiger partial charge in [0.2, 0.25) is 0 Å². The average molecular weight is 307 g/mol. The number of likely N-dealkylation sites (tertiary alicyclic amines) is 1. The highest BCUT2D eigenvalue weighted by molar-refractivity contribution is 7.13. The fraction of sp³-hybridized carbons (Fsp3) is 0.417. The zero-order valence-electron chi connectivity index (χ0n) is 11.5. The highest BCUT2D eigenvalue weighted by Crippen LogP contribution is 2.26. The van der Waals surface area contributed by atoms with Crippen LogP contribution in [0.3, 0.4) is 0 Å². The highest BCUT2D eigenvalue weighted by Gasteiger charge is 2.35. The highest BCUT2D eigenvalue weighted by atomic mass is 32.1. The Labute approximate surface area is 124 Å². The monoisotopic (exact) mass is 307 g/mol. The van der Waals surface area contributed by atoms with Crippen LogP contribution in [0.2, 0.25) is 0 Å². The number of carboxylic acid groups (broad SMARTS) is 1. The molecule has 2 aromatic rings. The van der Waals surface area contributed by atoms with Gasteiger partial charge in [-0.1, -0.05) is 5.21 Å². The third kappa shape index (κ3) is 2.40. The lowest BCUT2D eigenvalue weighted by molar-refractivity contribution is 0.0501. The minimum Gasteiger partial charge on any atom is -0.476 e. The molecule has 1 aliphatic heterocycles. The van der Waals surface area contributed by atoms with Gasteiger partial charge >= 0.3 is 5.97 Å². The minimum atomic E-state index is -1.11. The lowest BCUT2D eigenvalue weighted by Crippen LogP contribution is -2.50. The summed E-state index contributed by atoms with van der Waals surface area (Å²) in [4.78, 5) is 29.7. The van der Waals surface area contributed by atoms with Gasteiger partial charge in [0.05, 0.1) is 22.9 Å². The number of nitrogens with zero attached hydrogens (tertiary/aromatic N) is 5. The van der Waals surface area contributed by atoms with Crippen molar-refractivity contribution < 1.29 is 14.7 Å². The van der Waals surface area contributed by atoms with Crippen molar-refractivity contribution in [3.05, 3.63) is 27.5 Å². The molecule has 1 amide bonds. The van der Waals surface area contributed by atoms with Crippen molar-refractivity contribution in [3.63, 3.8) is 0 Å². The van der Waals surface area contributed by atoms with Crippen molar-refractivity contribution >= 4 is 23.2 Å². The molecule has 1 saturated heterocycles. The second-order valence-electron chi connectivity index (χ2n) is 4.90. The predicted molar refractivity (Wildman–Crippen MR) is 73.5 cm³/mol. The first-order valence-electron chi connectivity index (χ1n) is 6.34. The Morgan fingerprint density at radius 1 is 1.38 bits per heavy atom. The van der Waals surface area contributed by atoms with Crippen molar-refractivity contribution in [1.82, 2.24) is 24.9 Å². The number of carboxylic acids is 1. The number of carbonyl (C=O) groups excluding carboxylic acids is 1. The summed E-state index contributed by atoms with van der Waals surface area (Å²) >= 11 is 1.39.